The molecule has 0 aliphatic rings. The second kappa shape index (κ2) is 9.89. The molecule has 0 unspecified atom stereocenters. The Morgan fingerprint density at radius 3 is 2.00 bits per heavy atom. The van der Waals surface area contributed by atoms with Crippen molar-refractivity contribution in [2.24, 2.45) is 0 Å². The zero-order chi connectivity index (χ0) is 15.3. The molecule has 0 spiro atoms. The third-order valence-corrected chi connectivity index (χ3v) is 2.61. The van der Waals surface area contributed by atoms with Gasteiger partial charge in [-0.2, -0.15) is 10.5 Å². The molecule has 0 aromatic heterocycles. The van der Waals surface area contributed by atoms with Crippen LogP contribution >= 0.6 is 0 Å². The summed E-state index contributed by atoms with van der Waals surface area (Å²) in [4.78, 5) is 1.69. The molecule has 2 aromatic rings. The number of benzene rings is 2. The Labute approximate surface area is 125 Å². The maximum absolute atomic E-state index is 8.79. The van der Waals surface area contributed by atoms with E-state index in [0.29, 0.717) is 0 Å². The van der Waals surface area contributed by atoms with E-state index in [1.54, 1.807) is 4.90 Å². The zero-order valence-corrected chi connectivity index (χ0v) is 12.0. The van der Waals surface area contributed by atoms with E-state index in [1.165, 1.54) is 0 Å². The maximum Gasteiger partial charge on any atom is 0.184 e. The standard InChI is InChI=1S/C10H12N2.C7H6N2/c1-2-8-12(9-11)10-6-4-3-5-7-10;8-6-9-7-4-2-1-3-5-7/h3-7H,2,8H2,1H3;1-5,9H. The minimum atomic E-state index is 0.792. The van der Waals surface area contributed by atoms with Gasteiger partial charge >= 0.3 is 0 Å². The van der Waals surface area contributed by atoms with Gasteiger partial charge in [-0.3, -0.25) is 10.2 Å². The van der Waals surface area contributed by atoms with E-state index in [1.807, 2.05) is 66.9 Å². The van der Waals surface area contributed by atoms with Gasteiger partial charge in [0.15, 0.2) is 12.4 Å². The number of nitrogens with zero attached hydrogens (tertiary/aromatic N) is 3. The molecule has 0 bridgehead atoms. The molecule has 0 aliphatic carbocycles. The smallest absolute Gasteiger partial charge is 0.184 e. The van der Waals surface area contributed by atoms with Gasteiger partial charge in [-0.1, -0.05) is 43.3 Å². The summed E-state index contributed by atoms with van der Waals surface area (Å²) in [5, 5.41) is 19.5. The van der Waals surface area contributed by atoms with Crippen LogP contribution in [0.5, 0.6) is 0 Å². The van der Waals surface area contributed by atoms with Crippen molar-refractivity contribution in [1.82, 2.24) is 0 Å². The summed E-state index contributed by atoms with van der Waals surface area (Å²) < 4.78 is 0. The number of para-hydroxylation sites is 2. The minimum Gasteiger partial charge on any atom is -0.293 e. The molecular weight excluding hydrogens is 260 g/mol. The van der Waals surface area contributed by atoms with E-state index < -0.39 is 0 Å². The number of hydrogen-bond acceptors (Lipinski definition) is 4. The first-order chi connectivity index (χ1) is 10.3. The predicted molar refractivity (Wildman–Crippen MR) is 85.4 cm³/mol. The van der Waals surface area contributed by atoms with Crippen LogP contribution in [0.1, 0.15) is 13.3 Å². The molecule has 0 heterocycles. The SMILES string of the molecule is CCCN(C#N)c1ccccc1.N#CNc1ccccc1. The van der Waals surface area contributed by atoms with E-state index in [9.17, 15) is 0 Å². The Hall–Kier alpha value is -2.98. The van der Waals surface area contributed by atoms with Crippen molar-refractivity contribution in [3.63, 3.8) is 0 Å². The summed E-state index contributed by atoms with van der Waals surface area (Å²) in [6.07, 6.45) is 4.98. The molecule has 4 nitrogen and oxygen atoms in total. The fraction of sp³-hybridized carbons (Fsp3) is 0.176. The maximum atomic E-state index is 8.79. The number of hydrogen-bond donors (Lipinski definition) is 1. The van der Waals surface area contributed by atoms with Crippen molar-refractivity contribution in [3.8, 4) is 12.4 Å². The monoisotopic (exact) mass is 278 g/mol. The number of anilines is 2. The summed E-state index contributed by atoms with van der Waals surface area (Å²) in [5.74, 6) is 0. The molecule has 0 aliphatic heterocycles. The summed E-state index contributed by atoms with van der Waals surface area (Å²) in [5.41, 5.74) is 1.81. The average Bonchev–Trinajstić information content (AvgIpc) is 2.55. The van der Waals surface area contributed by atoms with Gasteiger partial charge in [0.1, 0.15) is 0 Å². The molecule has 4 heteroatoms. The van der Waals surface area contributed by atoms with Crippen LogP contribution in [0, 0.1) is 22.9 Å². The van der Waals surface area contributed by atoms with Gasteiger partial charge in [-0.25, -0.2) is 0 Å². The molecule has 0 saturated carbocycles. The molecule has 1 N–H and O–H groups in total. The van der Waals surface area contributed by atoms with E-state index in [-0.39, 0.29) is 0 Å². The van der Waals surface area contributed by atoms with E-state index in [0.717, 1.165) is 24.3 Å². The molecule has 0 fully saturated rings. The van der Waals surface area contributed by atoms with Crippen LogP contribution < -0.4 is 10.2 Å². The minimum absolute atomic E-state index is 0.792. The van der Waals surface area contributed by atoms with Crippen LogP contribution in [0.25, 0.3) is 0 Å². The van der Waals surface area contributed by atoms with Crippen molar-refractivity contribution < 1.29 is 0 Å². The molecule has 21 heavy (non-hydrogen) atoms. The molecule has 0 radical (unpaired) electrons. The van der Waals surface area contributed by atoms with Crippen molar-refractivity contribution in [3.05, 3.63) is 60.7 Å². The first-order valence-corrected chi connectivity index (χ1v) is 6.74. The van der Waals surface area contributed by atoms with Crippen LogP contribution in [-0.2, 0) is 0 Å². The third-order valence-electron chi connectivity index (χ3n) is 2.61. The quantitative estimate of drug-likeness (QED) is 0.679. The Morgan fingerprint density at radius 2 is 1.52 bits per heavy atom. The Balaban J connectivity index is 0.000000219. The van der Waals surface area contributed by atoms with Crippen molar-refractivity contribution in [2.75, 3.05) is 16.8 Å². The van der Waals surface area contributed by atoms with Gasteiger partial charge < -0.3 is 0 Å². The Morgan fingerprint density at radius 1 is 0.952 bits per heavy atom. The second-order valence-corrected chi connectivity index (χ2v) is 4.19. The summed E-state index contributed by atoms with van der Waals surface area (Å²) in [7, 11) is 0. The first-order valence-electron chi connectivity index (χ1n) is 6.74. The lowest BCUT2D eigenvalue weighted by atomic mass is 10.3. The van der Waals surface area contributed by atoms with Crippen molar-refractivity contribution in [1.29, 1.82) is 10.5 Å². The summed E-state index contributed by atoms with van der Waals surface area (Å²) in [6.45, 7) is 2.85. The van der Waals surface area contributed by atoms with Gasteiger partial charge in [0.05, 0.1) is 5.69 Å². The van der Waals surface area contributed by atoms with Crippen LogP contribution in [0.2, 0.25) is 0 Å². The van der Waals surface area contributed by atoms with Crippen LogP contribution in [0.15, 0.2) is 60.7 Å². The molecule has 0 atom stereocenters. The molecule has 0 amide bonds. The third kappa shape index (κ3) is 6.13. The second-order valence-electron chi connectivity index (χ2n) is 4.19. The van der Waals surface area contributed by atoms with Crippen LogP contribution in [0.3, 0.4) is 0 Å². The first kappa shape index (κ1) is 16.1. The fourth-order valence-electron chi connectivity index (χ4n) is 1.65. The summed E-state index contributed by atoms with van der Waals surface area (Å²) >= 11 is 0. The zero-order valence-electron chi connectivity index (χ0n) is 12.0. The molecule has 2 aromatic carbocycles. The summed E-state index contributed by atoms with van der Waals surface area (Å²) in [6, 6.07) is 19.0. The molecule has 106 valence electrons. The van der Waals surface area contributed by atoms with E-state index in [4.69, 9.17) is 10.5 Å². The number of rotatable bonds is 4. The van der Waals surface area contributed by atoms with Gasteiger partial charge in [-0.05, 0) is 30.7 Å². The predicted octanol–water partition coefficient (Wildman–Crippen LogP) is 3.96. The van der Waals surface area contributed by atoms with Crippen LogP contribution in [0.4, 0.5) is 11.4 Å². The van der Waals surface area contributed by atoms with Gasteiger partial charge in [0, 0.05) is 12.2 Å². The Bertz CT molecular complexity index is 582. The highest BCUT2D eigenvalue weighted by Gasteiger charge is 2.00. The lowest BCUT2D eigenvalue weighted by Crippen LogP contribution is -2.16. The molecular formula is C17H18N4. The normalized spacial score (nSPS) is 8.52. The van der Waals surface area contributed by atoms with Crippen molar-refractivity contribution in [2.45, 2.75) is 13.3 Å². The van der Waals surface area contributed by atoms with Crippen molar-refractivity contribution >= 4 is 11.4 Å². The highest BCUT2D eigenvalue weighted by Crippen LogP contribution is 2.11. The number of nitrogens with one attached hydrogen (secondary N) is 1. The topological polar surface area (TPSA) is 62.9 Å². The average molecular weight is 278 g/mol. The van der Waals surface area contributed by atoms with Gasteiger partial charge in [-0.15, -0.1) is 0 Å². The fourth-order valence-corrected chi connectivity index (χ4v) is 1.65. The Kier molecular flexibility index (Phi) is 7.57. The van der Waals surface area contributed by atoms with Crippen LogP contribution in [-0.4, -0.2) is 6.54 Å². The largest absolute Gasteiger partial charge is 0.293 e. The highest BCUT2D eigenvalue weighted by molar-refractivity contribution is 5.49. The number of nitriles is 2. The lowest BCUT2D eigenvalue weighted by molar-refractivity contribution is 0.887. The van der Waals surface area contributed by atoms with Gasteiger partial charge in [0.2, 0.25) is 0 Å². The molecule has 0 saturated heterocycles. The van der Waals surface area contributed by atoms with E-state index in [2.05, 4.69) is 18.4 Å². The highest BCUT2D eigenvalue weighted by atomic mass is 15.1. The van der Waals surface area contributed by atoms with E-state index >= 15 is 0 Å². The van der Waals surface area contributed by atoms with Gasteiger partial charge in [0.25, 0.3) is 0 Å². The molecule has 2 rings (SSSR count). The lowest BCUT2D eigenvalue weighted by Gasteiger charge is -2.13.